The van der Waals surface area contributed by atoms with Gasteiger partial charge >= 0.3 is 0 Å². The first kappa shape index (κ1) is 23.1. The van der Waals surface area contributed by atoms with Crippen molar-refractivity contribution in [2.24, 2.45) is 5.92 Å². The molecule has 1 aromatic carbocycles. The van der Waals surface area contributed by atoms with Crippen molar-refractivity contribution < 1.29 is 22.3 Å². The molecule has 0 aliphatic carbocycles. The molecule has 1 amide bonds. The van der Waals surface area contributed by atoms with Crippen molar-refractivity contribution in [3.8, 4) is 0 Å². The van der Waals surface area contributed by atoms with Gasteiger partial charge in [0.05, 0.1) is 18.1 Å². The van der Waals surface area contributed by atoms with Gasteiger partial charge < -0.3 is 10.1 Å². The molecule has 0 saturated carbocycles. The van der Waals surface area contributed by atoms with Crippen LogP contribution in [0.15, 0.2) is 29.2 Å². The fraction of sp³-hybridized carbons (Fsp3) is 0.667. The molecule has 30 heavy (non-hydrogen) atoms. The van der Waals surface area contributed by atoms with Crippen LogP contribution in [-0.2, 0) is 19.6 Å². The Kier molecular flexibility index (Phi) is 8.61. The van der Waals surface area contributed by atoms with E-state index < -0.39 is 15.8 Å². The summed E-state index contributed by atoms with van der Waals surface area (Å²) in [5.41, 5.74) is 0. The first-order valence-corrected chi connectivity index (χ1v) is 12.2. The van der Waals surface area contributed by atoms with E-state index in [4.69, 9.17) is 4.74 Å². The highest BCUT2D eigenvalue weighted by Crippen LogP contribution is 2.26. The molecule has 2 heterocycles. The minimum Gasteiger partial charge on any atom is -0.379 e. The first-order chi connectivity index (χ1) is 14.4. The summed E-state index contributed by atoms with van der Waals surface area (Å²) in [6.45, 7) is 5.95. The molecule has 2 aliphatic rings. The van der Waals surface area contributed by atoms with Gasteiger partial charge in [0.2, 0.25) is 15.9 Å². The summed E-state index contributed by atoms with van der Waals surface area (Å²) in [6.07, 6.45) is 3.68. The van der Waals surface area contributed by atoms with Gasteiger partial charge in [0.25, 0.3) is 0 Å². The van der Waals surface area contributed by atoms with E-state index in [1.165, 1.54) is 16.4 Å². The minimum absolute atomic E-state index is 0.0236. The Hall–Kier alpha value is -1.55. The molecule has 2 aliphatic heterocycles. The molecule has 1 aromatic rings. The highest BCUT2D eigenvalue weighted by molar-refractivity contribution is 7.89. The van der Waals surface area contributed by atoms with E-state index in [0.29, 0.717) is 32.5 Å². The smallest absolute Gasteiger partial charge is 0.243 e. The number of amides is 1. The van der Waals surface area contributed by atoms with Gasteiger partial charge in [-0.25, -0.2) is 12.8 Å². The van der Waals surface area contributed by atoms with Crippen molar-refractivity contribution in [1.82, 2.24) is 14.5 Å². The Labute approximate surface area is 178 Å². The largest absolute Gasteiger partial charge is 0.379 e. The van der Waals surface area contributed by atoms with Crippen LogP contribution < -0.4 is 5.32 Å². The van der Waals surface area contributed by atoms with E-state index in [9.17, 15) is 17.6 Å². The topological polar surface area (TPSA) is 79.0 Å². The molecule has 3 rings (SSSR count). The normalized spacial score (nSPS) is 21.4. The molecule has 1 N–H and O–H groups in total. The van der Waals surface area contributed by atoms with Gasteiger partial charge in [0, 0.05) is 39.1 Å². The van der Waals surface area contributed by atoms with Gasteiger partial charge in [-0.3, -0.25) is 9.69 Å². The van der Waals surface area contributed by atoms with Crippen molar-refractivity contribution in [2.75, 3.05) is 52.5 Å². The Morgan fingerprint density at radius 3 is 2.63 bits per heavy atom. The number of hydrogen-bond acceptors (Lipinski definition) is 5. The lowest BCUT2D eigenvalue weighted by atomic mass is 9.94. The molecule has 0 aromatic heterocycles. The van der Waals surface area contributed by atoms with Crippen LogP contribution in [0.2, 0.25) is 0 Å². The van der Waals surface area contributed by atoms with Crippen LogP contribution >= 0.6 is 0 Å². The first-order valence-electron chi connectivity index (χ1n) is 10.8. The van der Waals surface area contributed by atoms with E-state index in [0.717, 1.165) is 64.2 Å². The van der Waals surface area contributed by atoms with Crippen LogP contribution in [0.3, 0.4) is 0 Å². The second kappa shape index (κ2) is 11.2. The molecule has 2 fully saturated rings. The number of sulfonamides is 1. The van der Waals surface area contributed by atoms with Crippen LogP contribution in [-0.4, -0.2) is 76.0 Å². The summed E-state index contributed by atoms with van der Waals surface area (Å²) in [5, 5.41) is 2.97. The summed E-state index contributed by atoms with van der Waals surface area (Å²) >= 11 is 0. The third-order valence-electron chi connectivity index (χ3n) is 5.79. The van der Waals surface area contributed by atoms with Gasteiger partial charge in [-0.1, -0.05) is 0 Å². The maximum absolute atomic E-state index is 13.1. The maximum Gasteiger partial charge on any atom is 0.243 e. The molecule has 7 nitrogen and oxygen atoms in total. The number of morpholine rings is 1. The second-order valence-electron chi connectivity index (χ2n) is 8.02. The Morgan fingerprint density at radius 2 is 1.90 bits per heavy atom. The summed E-state index contributed by atoms with van der Waals surface area (Å²) in [5.74, 6) is -0.273. The van der Waals surface area contributed by atoms with Crippen LogP contribution in [0.4, 0.5) is 4.39 Å². The lowest BCUT2D eigenvalue weighted by Gasteiger charge is -2.32. The average molecular weight is 442 g/mol. The number of ether oxygens (including phenoxy) is 1. The van der Waals surface area contributed by atoms with Crippen molar-refractivity contribution in [3.05, 3.63) is 30.1 Å². The van der Waals surface area contributed by atoms with E-state index in [2.05, 4.69) is 10.2 Å². The molecule has 168 valence electrons. The molecule has 0 bridgehead atoms. The number of rotatable bonds is 9. The highest BCUT2D eigenvalue weighted by atomic mass is 32.2. The number of hydrogen-bond donors (Lipinski definition) is 1. The van der Waals surface area contributed by atoms with Crippen LogP contribution in [0.25, 0.3) is 0 Å². The third kappa shape index (κ3) is 6.73. The summed E-state index contributed by atoms with van der Waals surface area (Å²) in [7, 11) is -3.63. The molecule has 0 radical (unpaired) electrons. The lowest BCUT2D eigenvalue weighted by Crippen LogP contribution is -2.40. The van der Waals surface area contributed by atoms with Gasteiger partial charge in [-0.15, -0.1) is 0 Å². The zero-order chi connectivity index (χ0) is 21.4. The van der Waals surface area contributed by atoms with Gasteiger partial charge in [0.1, 0.15) is 5.82 Å². The fourth-order valence-corrected chi connectivity index (χ4v) is 5.57. The number of benzene rings is 1. The Balaban J connectivity index is 1.38. The molecule has 9 heteroatoms. The summed E-state index contributed by atoms with van der Waals surface area (Å²) in [4.78, 5) is 14.6. The standard InChI is InChI=1S/C21H32FN3O4S/c22-19-5-7-20(8-6-19)30(27,28)25-12-1-3-18(17-25)4-9-21(26)23-10-2-11-24-13-15-29-16-14-24/h5-8,18H,1-4,9-17H2,(H,23,26). The van der Waals surface area contributed by atoms with Crippen LogP contribution in [0, 0.1) is 11.7 Å². The predicted molar refractivity (Wildman–Crippen MR) is 112 cm³/mol. The maximum atomic E-state index is 13.1. The van der Waals surface area contributed by atoms with Crippen molar-refractivity contribution in [1.29, 1.82) is 0 Å². The van der Waals surface area contributed by atoms with E-state index >= 15 is 0 Å². The van der Waals surface area contributed by atoms with Crippen molar-refractivity contribution in [3.63, 3.8) is 0 Å². The third-order valence-corrected chi connectivity index (χ3v) is 7.67. The molecular weight excluding hydrogens is 409 g/mol. The lowest BCUT2D eigenvalue weighted by molar-refractivity contribution is -0.121. The van der Waals surface area contributed by atoms with Crippen LogP contribution in [0.1, 0.15) is 32.1 Å². The molecular formula is C21H32FN3O4S. The summed E-state index contributed by atoms with van der Waals surface area (Å²) in [6, 6.07) is 4.94. The second-order valence-corrected chi connectivity index (χ2v) is 9.96. The number of piperidine rings is 1. The average Bonchev–Trinajstić information content (AvgIpc) is 2.76. The zero-order valence-electron chi connectivity index (χ0n) is 17.4. The monoisotopic (exact) mass is 441 g/mol. The molecule has 1 atom stereocenters. The number of nitrogens with zero attached hydrogens (tertiary/aromatic N) is 2. The summed E-state index contributed by atoms with van der Waals surface area (Å²) < 4.78 is 45.5. The van der Waals surface area contributed by atoms with Gasteiger partial charge in [-0.2, -0.15) is 4.31 Å². The van der Waals surface area contributed by atoms with E-state index in [-0.39, 0.29) is 16.7 Å². The quantitative estimate of drug-likeness (QED) is 0.592. The van der Waals surface area contributed by atoms with E-state index in [1.807, 2.05) is 0 Å². The van der Waals surface area contributed by atoms with Gasteiger partial charge in [-0.05, 0) is 62.4 Å². The Morgan fingerprint density at radius 1 is 1.17 bits per heavy atom. The van der Waals surface area contributed by atoms with Crippen LogP contribution in [0.5, 0.6) is 0 Å². The molecule has 0 spiro atoms. The minimum atomic E-state index is -3.63. The van der Waals surface area contributed by atoms with Crippen molar-refractivity contribution in [2.45, 2.75) is 37.0 Å². The zero-order valence-corrected chi connectivity index (χ0v) is 18.2. The molecule has 2 saturated heterocycles. The Bertz CT molecular complexity index is 782. The number of carbonyl (C=O) groups is 1. The van der Waals surface area contributed by atoms with Crippen molar-refractivity contribution >= 4 is 15.9 Å². The number of carbonyl (C=O) groups excluding carboxylic acids is 1. The van der Waals surface area contributed by atoms with E-state index in [1.54, 1.807) is 0 Å². The molecule has 1 unspecified atom stereocenters. The number of halogens is 1. The fourth-order valence-electron chi connectivity index (χ4n) is 4.02. The number of nitrogens with one attached hydrogen (secondary N) is 1. The SMILES string of the molecule is O=C(CCC1CCCN(S(=O)(=O)c2ccc(F)cc2)C1)NCCCN1CCOCC1. The highest BCUT2D eigenvalue weighted by Gasteiger charge is 2.30. The van der Waals surface area contributed by atoms with Gasteiger partial charge in [0.15, 0.2) is 0 Å². The predicted octanol–water partition coefficient (Wildman–Crippen LogP) is 1.85.